The number of nitrogens with zero attached hydrogens (tertiary/aromatic N) is 1. The van der Waals surface area contributed by atoms with Crippen LogP contribution in [0, 0.1) is 24.7 Å². The van der Waals surface area contributed by atoms with Gasteiger partial charge >= 0.3 is 0 Å². The smallest absolute Gasteiger partial charge is 0.248 e. The third kappa shape index (κ3) is 6.15. The van der Waals surface area contributed by atoms with Crippen molar-refractivity contribution in [3.05, 3.63) is 23.9 Å². The van der Waals surface area contributed by atoms with Crippen molar-refractivity contribution in [2.24, 2.45) is 17.8 Å². The first-order valence-corrected chi connectivity index (χ1v) is 9.39. The monoisotopic (exact) mass is 345 g/mol. The van der Waals surface area contributed by atoms with Gasteiger partial charge in [-0.25, -0.2) is 4.98 Å². The first kappa shape index (κ1) is 19.4. The molecule has 1 heterocycles. The van der Waals surface area contributed by atoms with E-state index in [1.165, 1.54) is 0 Å². The Labute approximate surface area is 151 Å². The standard InChI is InChI=1S/C20H31N3O2/c1-13(2)11-17(20(25)23-18-10-7-15(4)12-21-18)22-19(24)16-8-5-14(3)6-9-16/h7,10,12-14,16-17H,5-6,8-9,11H2,1-4H3,(H,22,24)(H,21,23,25)/t14?,16?,17-/m0/s1. The van der Waals surface area contributed by atoms with Crippen LogP contribution in [0.25, 0.3) is 0 Å². The second-order valence-corrected chi connectivity index (χ2v) is 7.86. The molecule has 1 aliphatic rings. The minimum atomic E-state index is -0.519. The van der Waals surface area contributed by atoms with Crippen LogP contribution in [0.2, 0.25) is 0 Å². The molecule has 5 nitrogen and oxygen atoms in total. The summed E-state index contributed by atoms with van der Waals surface area (Å²) in [5, 5.41) is 5.81. The highest BCUT2D eigenvalue weighted by Gasteiger charge is 2.28. The van der Waals surface area contributed by atoms with Crippen LogP contribution in [0.3, 0.4) is 0 Å². The number of nitrogens with one attached hydrogen (secondary N) is 2. The Morgan fingerprint density at radius 2 is 1.88 bits per heavy atom. The summed E-state index contributed by atoms with van der Waals surface area (Å²) in [6, 6.07) is 3.17. The van der Waals surface area contributed by atoms with Gasteiger partial charge in [0.2, 0.25) is 11.8 Å². The van der Waals surface area contributed by atoms with Crippen LogP contribution < -0.4 is 10.6 Å². The molecule has 1 saturated carbocycles. The van der Waals surface area contributed by atoms with Gasteiger partial charge in [-0.15, -0.1) is 0 Å². The zero-order valence-electron chi connectivity index (χ0n) is 15.8. The molecule has 0 radical (unpaired) electrons. The minimum Gasteiger partial charge on any atom is -0.344 e. The van der Waals surface area contributed by atoms with E-state index >= 15 is 0 Å². The largest absolute Gasteiger partial charge is 0.344 e. The number of hydrogen-bond donors (Lipinski definition) is 2. The third-order valence-corrected chi connectivity index (χ3v) is 4.89. The van der Waals surface area contributed by atoms with Crippen molar-refractivity contribution in [1.82, 2.24) is 10.3 Å². The van der Waals surface area contributed by atoms with Crippen molar-refractivity contribution in [3.8, 4) is 0 Å². The molecule has 25 heavy (non-hydrogen) atoms. The molecule has 0 aromatic carbocycles. The van der Waals surface area contributed by atoms with Crippen LogP contribution in [0.15, 0.2) is 18.3 Å². The Morgan fingerprint density at radius 1 is 1.20 bits per heavy atom. The lowest BCUT2D eigenvalue weighted by molar-refractivity contribution is -0.130. The van der Waals surface area contributed by atoms with E-state index in [2.05, 4.69) is 36.4 Å². The highest BCUT2D eigenvalue weighted by Crippen LogP contribution is 2.28. The first-order valence-electron chi connectivity index (χ1n) is 9.39. The average Bonchev–Trinajstić information content (AvgIpc) is 2.56. The van der Waals surface area contributed by atoms with Gasteiger partial charge in [-0.05, 0) is 62.5 Å². The van der Waals surface area contributed by atoms with E-state index in [0.717, 1.165) is 31.2 Å². The van der Waals surface area contributed by atoms with Crippen LogP contribution in [-0.2, 0) is 9.59 Å². The summed E-state index contributed by atoms with van der Waals surface area (Å²) in [5.74, 6) is 1.40. The van der Waals surface area contributed by atoms with Gasteiger partial charge in [0, 0.05) is 12.1 Å². The van der Waals surface area contributed by atoms with Gasteiger partial charge in [0.05, 0.1) is 0 Å². The van der Waals surface area contributed by atoms with E-state index in [-0.39, 0.29) is 17.7 Å². The molecule has 0 spiro atoms. The van der Waals surface area contributed by atoms with Gasteiger partial charge in [-0.3, -0.25) is 9.59 Å². The van der Waals surface area contributed by atoms with Crippen LogP contribution in [0.1, 0.15) is 58.4 Å². The number of carbonyl (C=O) groups is 2. The third-order valence-electron chi connectivity index (χ3n) is 4.89. The number of rotatable bonds is 6. The molecule has 1 fully saturated rings. The zero-order valence-corrected chi connectivity index (χ0v) is 15.8. The van der Waals surface area contributed by atoms with Crippen LogP contribution in [0.4, 0.5) is 5.82 Å². The SMILES string of the molecule is Cc1ccc(NC(=O)[C@H](CC(C)C)NC(=O)C2CCC(C)CC2)nc1. The summed E-state index contributed by atoms with van der Waals surface area (Å²) >= 11 is 0. The van der Waals surface area contributed by atoms with Gasteiger partial charge < -0.3 is 10.6 Å². The summed E-state index contributed by atoms with van der Waals surface area (Å²) in [4.78, 5) is 29.4. The molecule has 2 amide bonds. The number of aromatic nitrogens is 1. The van der Waals surface area contributed by atoms with Crippen molar-refractivity contribution in [2.45, 2.75) is 65.8 Å². The highest BCUT2D eigenvalue weighted by molar-refractivity contribution is 5.96. The van der Waals surface area contributed by atoms with Gasteiger partial charge in [0.1, 0.15) is 11.9 Å². The maximum absolute atomic E-state index is 12.6. The average molecular weight is 345 g/mol. The quantitative estimate of drug-likeness (QED) is 0.826. The van der Waals surface area contributed by atoms with Crippen molar-refractivity contribution in [3.63, 3.8) is 0 Å². The van der Waals surface area contributed by atoms with E-state index in [1.807, 2.05) is 13.0 Å². The molecule has 0 bridgehead atoms. The first-order chi connectivity index (χ1) is 11.8. The number of anilines is 1. The molecule has 1 aromatic heterocycles. The molecule has 0 saturated heterocycles. The maximum Gasteiger partial charge on any atom is 0.248 e. The van der Waals surface area contributed by atoms with Crippen LogP contribution in [0.5, 0.6) is 0 Å². The van der Waals surface area contributed by atoms with Crippen molar-refractivity contribution in [2.75, 3.05) is 5.32 Å². The number of amides is 2. The Bertz CT molecular complexity index is 575. The molecular weight excluding hydrogens is 314 g/mol. The molecule has 1 atom stereocenters. The fourth-order valence-electron chi connectivity index (χ4n) is 3.27. The summed E-state index contributed by atoms with van der Waals surface area (Å²) in [6.07, 6.45) is 6.35. The molecule has 0 aliphatic heterocycles. The molecule has 2 N–H and O–H groups in total. The maximum atomic E-state index is 12.6. The molecule has 1 aromatic rings. The Morgan fingerprint density at radius 3 is 2.44 bits per heavy atom. The van der Waals surface area contributed by atoms with Crippen molar-refractivity contribution in [1.29, 1.82) is 0 Å². The van der Waals surface area contributed by atoms with Crippen molar-refractivity contribution >= 4 is 17.6 Å². The predicted octanol–water partition coefficient (Wildman–Crippen LogP) is 3.69. The minimum absolute atomic E-state index is 0.0181. The predicted molar refractivity (Wildman–Crippen MR) is 100 cm³/mol. The molecule has 0 unspecified atom stereocenters. The van der Waals surface area contributed by atoms with E-state index in [4.69, 9.17) is 0 Å². The lowest BCUT2D eigenvalue weighted by atomic mass is 9.82. The van der Waals surface area contributed by atoms with Gasteiger partial charge in [0.15, 0.2) is 0 Å². The van der Waals surface area contributed by atoms with Crippen LogP contribution >= 0.6 is 0 Å². The van der Waals surface area contributed by atoms with E-state index < -0.39 is 6.04 Å². The highest BCUT2D eigenvalue weighted by atomic mass is 16.2. The van der Waals surface area contributed by atoms with Crippen LogP contribution in [-0.4, -0.2) is 22.8 Å². The van der Waals surface area contributed by atoms with Gasteiger partial charge in [0.25, 0.3) is 0 Å². The fraction of sp³-hybridized carbons (Fsp3) is 0.650. The normalized spacial score (nSPS) is 21.6. The fourth-order valence-corrected chi connectivity index (χ4v) is 3.27. The second-order valence-electron chi connectivity index (χ2n) is 7.86. The summed E-state index contributed by atoms with van der Waals surface area (Å²) in [5.41, 5.74) is 1.04. The Kier molecular flexibility index (Phi) is 6.97. The Balaban J connectivity index is 1.98. The van der Waals surface area contributed by atoms with Gasteiger partial charge in [-0.1, -0.05) is 26.8 Å². The lowest BCUT2D eigenvalue weighted by Gasteiger charge is -2.27. The number of aryl methyl sites for hydroxylation is 1. The zero-order chi connectivity index (χ0) is 18.4. The number of hydrogen-bond acceptors (Lipinski definition) is 3. The van der Waals surface area contributed by atoms with Gasteiger partial charge in [-0.2, -0.15) is 0 Å². The Hall–Kier alpha value is -1.91. The topological polar surface area (TPSA) is 71.1 Å². The number of pyridine rings is 1. The molecular formula is C20H31N3O2. The molecule has 1 aliphatic carbocycles. The molecule has 2 rings (SSSR count). The molecule has 5 heteroatoms. The second kappa shape index (κ2) is 8.97. The van der Waals surface area contributed by atoms with Crippen molar-refractivity contribution < 1.29 is 9.59 Å². The summed E-state index contributed by atoms with van der Waals surface area (Å²) in [7, 11) is 0. The summed E-state index contributed by atoms with van der Waals surface area (Å²) in [6.45, 7) is 8.29. The van der Waals surface area contributed by atoms with E-state index in [9.17, 15) is 9.59 Å². The lowest BCUT2D eigenvalue weighted by Crippen LogP contribution is -2.47. The number of carbonyl (C=O) groups excluding carboxylic acids is 2. The summed E-state index contributed by atoms with van der Waals surface area (Å²) < 4.78 is 0. The van der Waals surface area contributed by atoms with E-state index in [0.29, 0.717) is 24.1 Å². The molecule has 138 valence electrons. The van der Waals surface area contributed by atoms with E-state index in [1.54, 1.807) is 12.3 Å².